The number of pyridine rings is 1. The van der Waals surface area contributed by atoms with Crippen LogP contribution in [0, 0.1) is 0 Å². The minimum Gasteiger partial charge on any atom is -0.329 e. The van der Waals surface area contributed by atoms with Crippen molar-refractivity contribution in [2.75, 3.05) is 32.7 Å². The molecule has 1 aromatic rings. The molecule has 2 rings (SSSR count). The number of hydrogen-bond donors (Lipinski definition) is 1. The van der Waals surface area contributed by atoms with Crippen molar-refractivity contribution in [1.29, 1.82) is 0 Å². The van der Waals surface area contributed by atoms with Crippen LogP contribution >= 0.6 is 0 Å². The van der Waals surface area contributed by atoms with E-state index in [-0.39, 0.29) is 0 Å². The van der Waals surface area contributed by atoms with E-state index in [1.807, 2.05) is 18.5 Å². The molecule has 1 fully saturated rings. The average molecular weight is 262 g/mol. The fourth-order valence-electron chi connectivity index (χ4n) is 2.82. The van der Waals surface area contributed by atoms with Crippen LogP contribution in [0.5, 0.6) is 0 Å². The highest BCUT2D eigenvalue weighted by molar-refractivity contribution is 5.08. The molecule has 0 amide bonds. The molecule has 106 valence electrons. The van der Waals surface area contributed by atoms with Gasteiger partial charge in [-0.1, -0.05) is 19.4 Å². The van der Waals surface area contributed by atoms with E-state index in [0.29, 0.717) is 6.04 Å². The molecule has 0 radical (unpaired) electrons. The summed E-state index contributed by atoms with van der Waals surface area (Å²) in [5.74, 6) is 0. The van der Waals surface area contributed by atoms with Crippen LogP contribution in [0.1, 0.15) is 25.3 Å². The van der Waals surface area contributed by atoms with Crippen molar-refractivity contribution in [2.45, 2.75) is 32.4 Å². The molecule has 0 bridgehead atoms. The normalized spacial score (nSPS) is 19.5. The summed E-state index contributed by atoms with van der Waals surface area (Å²) in [6.45, 7) is 8.59. The first-order chi connectivity index (χ1) is 9.33. The highest BCUT2D eigenvalue weighted by Crippen LogP contribution is 2.12. The van der Waals surface area contributed by atoms with Crippen molar-refractivity contribution in [1.82, 2.24) is 14.8 Å². The maximum absolute atomic E-state index is 5.88. The van der Waals surface area contributed by atoms with Gasteiger partial charge in [0.2, 0.25) is 0 Å². The van der Waals surface area contributed by atoms with E-state index in [0.717, 1.165) is 39.3 Å². The van der Waals surface area contributed by atoms with Gasteiger partial charge in [0, 0.05) is 57.7 Å². The number of nitrogens with two attached hydrogens (primary N) is 1. The summed E-state index contributed by atoms with van der Waals surface area (Å²) >= 11 is 0. The Bertz CT molecular complexity index is 346. The summed E-state index contributed by atoms with van der Waals surface area (Å²) in [6.07, 6.45) is 6.24. The van der Waals surface area contributed by atoms with E-state index in [2.05, 4.69) is 27.8 Å². The summed E-state index contributed by atoms with van der Waals surface area (Å²) in [5, 5.41) is 0. The molecule has 1 atom stereocenters. The first kappa shape index (κ1) is 14.4. The molecule has 2 heterocycles. The molecular weight excluding hydrogens is 236 g/mol. The average Bonchev–Trinajstić information content (AvgIpc) is 2.47. The Hall–Kier alpha value is -0.970. The van der Waals surface area contributed by atoms with Crippen molar-refractivity contribution < 1.29 is 0 Å². The van der Waals surface area contributed by atoms with E-state index >= 15 is 0 Å². The molecule has 1 saturated heterocycles. The molecule has 0 aromatic carbocycles. The van der Waals surface area contributed by atoms with Crippen molar-refractivity contribution >= 4 is 0 Å². The lowest BCUT2D eigenvalue weighted by Crippen LogP contribution is -2.51. The molecule has 1 unspecified atom stereocenters. The fraction of sp³-hybridized carbons (Fsp3) is 0.667. The molecule has 2 N–H and O–H groups in total. The highest BCUT2D eigenvalue weighted by Gasteiger charge is 2.22. The predicted octanol–water partition coefficient (Wildman–Crippen LogP) is 1.33. The second-order valence-electron chi connectivity index (χ2n) is 5.35. The van der Waals surface area contributed by atoms with Gasteiger partial charge in [0.05, 0.1) is 0 Å². The Morgan fingerprint density at radius 2 is 2.11 bits per heavy atom. The van der Waals surface area contributed by atoms with Crippen LogP contribution in [-0.2, 0) is 6.54 Å². The zero-order chi connectivity index (χ0) is 13.5. The smallest absolute Gasteiger partial charge is 0.0312 e. The van der Waals surface area contributed by atoms with Gasteiger partial charge in [-0.3, -0.25) is 14.8 Å². The molecule has 1 aliphatic heterocycles. The molecule has 0 aliphatic carbocycles. The van der Waals surface area contributed by atoms with Crippen LogP contribution < -0.4 is 5.73 Å². The summed E-state index contributed by atoms with van der Waals surface area (Å²) in [6, 6.07) is 4.74. The number of piperazine rings is 1. The van der Waals surface area contributed by atoms with Gasteiger partial charge in [0.25, 0.3) is 0 Å². The Labute approximate surface area is 116 Å². The topological polar surface area (TPSA) is 45.4 Å². The number of aromatic nitrogens is 1. The van der Waals surface area contributed by atoms with Gasteiger partial charge in [-0.25, -0.2) is 0 Å². The zero-order valence-corrected chi connectivity index (χ0v) is 12.0. The van der Waals surface area contributed by atoms with Crippen LogP contribution in [-0.4, -0.2) is 53.5 Å². The Morgan fingerprint density at radius 1 is 1.32 bits per heavy atom. The van der Waals surface area contributed by atoms with Gasteiger partial charge >= 0.3 is 0 Å². The molecule has 0 saturated carbocycles. The lowest BCUT2D eigenvalue weighted by Gasteiger charge is -2.39. The molecule has 19 heavy (non-hydrogen) atoms. The third-order valence-corrected chi connectivity index (χ3v) is 3.95. The fourth-order valence-corrected chi connectivity index (χ4v) is 2.82. The molecule has 4 nitrogen and oxygen atoms in total. The van der Waals surface area contributed by atoms with Gasteiger partial charge in [-0.05, 0) is 18.1 Å². The van der Waals surface area contributed by atoms with E-state index in [9.17, 15) is 0 Å². The highest BCUT2D eigenvalue weighted by atomic mass is 15.3. The van der Waals surface area contributed by atoms with E-state index < -0.39 is 0 Å². The van der Waals surface area contributed by atoms with E-state index in [1.165, 1.54) is 18.4 Å². The van der Waals surface area contributed by atoms with Gasteiger partial charge < -0.3 is 5.73 Å². The van der Waals surface area contributed by atoms with E-state index in [1.54, 1.807) is 0 Å². The summed E-state index contributed by atoms with van der Waals surface area (Å²) in [7, 11) is 0. The van der Waals surface area contributed by atoms with Crippen LogP contribution in [0.3, 0.4) is 0 Å². The van der Waals surface area contributed by atoms with Gasteiger partial charge in [0.1, 0.15) is 0 Å². The third kappa shape index (κ3) is 4.27. The minimum absolute atomic E-state index is 0.575. The van der Waals surface area contributed by atoms with Gasteiger partial charge in [-0.2, -0.15) is 0 Å². The standard InChI is InChI=1S/C15H26N4/c1-2-4-15(11-16)19-9-7-18(8-10-19)13-14-5-3-6-17-12-14/h3,5-6,12,15H,2,4,7-11,13,16H2,1H3. The molecular formula is C15H26N4. The molecule has 4 heteroatoms. The second-order valence-corrected chi connectivity index (χ2v) is 5.35. The van der Waals surface area contributed by atoms with Crippen LogP contribution in [0.4, 0.5) is 0 Å². The minimum atomic E-state index is 0.575. The number of nitrogens with zero attached hydrogens (tertiary/aromatic N) is 3. The third-order valence-electron chi connectivity index (χ3n) is 3.95. The zero-order valence-electron chi connectivity index (χ0n) is 12.0. The van der Waals surface area contributed by atoms with E-state index in [4.69, 9.17) is 5.73 Å². The SMILES string of the molecule is CCCC(CN)N1CCN(Cc2cccnc2)CC1. The Balaban J connectivity index is 1.79. The summed E-state index contributed by atoms with van der Waals surface area (Å²) < 4.78 is 0. The maximum Gasteiger partial charge on any atom is 0.0312 e. The van der Waals surface area contributed by atoms with Crippen molar-refractivity contribution in [3.05, 3.63) is 30.1 Å². The number of rotatable bonds is 6. The van der Waals surface area contributed by atoms with Crippen molar-refractivity contribution in [3.8, 4) is 0 Å². The van der Waals surface area contributed by atoms with Gasteiger partial charge in [0.15, 0.2) is 0 Å². The quantitative estimate of drug-likeness (QED) is 0.840. The molecule has 1 aromatic heterocycles. The largest absolute Gasteiger partial charge is 0.329 e. The number of hydrogen-bond acceptors (Lipinski definition) is 4. The Morgan fingerprint density at radius 3 is 2.68 bits per heavy atom. The lowest BCUT2D eigenvalue weighted by atomic mass is 10.1. The first-order valence-corrected chi connectivity index (χ1v) is 7.39. The molecule has 0 spiro atoms. The first-order valence-electron chi connectivity index (χ1n) is 7.39. The lowest BCUT2D eigenvalue weighted by molar-refractivity contribution is 0.0904. The van der Waals surface area contributed by atoms with Gasteiger partial charge in [-0.15, -0.1) is 0 Å². The summed E-state index contributed by atoms with van der Waals surface area (Å²) in [4.78, 5) is 9.24. The second kappa shape index (κ2) is 7.58. The monoisotopic (exact) mass is 262 g/mol. The van der Waals surface area contributed by atoms with Crippen molar-refractivity contribution in [3.63, 3.8) is 0 Å². The summed E-state index contributed by atoms with van der Waals surface area (Å²) in [5.41, 5.74) is 7.19. The predicted molar refractivity (Wildman–Crippen MR) is 78.8 cm³/mol. The van der Waals surface area contributed by atoms with Crippen LogP contribution in [0.15, 0.2) is 24.5 Å². The molecule has 1 aliphatic rings. The van der Waals surface area contributed by atoms with Crippen LogP contribution in [0.2, 0.25) is 0 Å². The maximum atomic E-state index is 5.88. The Kier molecular flexibility index (Phi) is 5.76. The van der Waals surface area contributed by atoms with Crippen molar-refractivity contribution in [2.24, 2.45) is 5.73 Å². The van der Waals surface area contributed by atoms with Crippen LogP contribution in [0.25, 0.3) is 0 Å².